The molecule has 2 nitrogen and oxygen atoms in total. The Labute approximate surface area is 94.7 Å². The van der Waals surface area contributed by atoms with Gasteiger partial charge in [-0.15, -0.1) is 0 Å². The highest BCUT2D eigenvalue weighted by atomic mass is 16.3. The van der Waals surface area contributed by atoms with Crippen LogP contribution in [0.25, 0.3) is 0 Å². The van der Waals surface area contributed by atoms with Crippen LogP contribution in [0.4, 0.5) is 0 Å². The zero-order valence-corrected chi connectivity index (χ0v) is 10.5. The molecule has 2 N–H and O–H groups in total. The Morgan fingerprint density at radius 1 is 0.733 bits per heavy atom. The third-order valence-corrected chi connectivity index (χ3v) is 3.35. The predicted octanol–water partition coefficient (Wildman–Crippen LogP) is 3.12. The summed E-state index contributed by atoms with van der Waals surface area (Å²) in [6.07, 6.45) is 8.88. The number of hydrogen-bond acceptors (Lipinski definition) is 2. The van der Waals surface area contributed by atoms with Crippen LogP contribution < -0.4 is 0 Å². The third kappa shape index (κ3) is 6.16. The Bertz CT molecular complexity index is 118. The number of aliphatic hydroxyl groups excluding tert-OH is 2. The molecule has 0 fully saturated rings. The minimum absolute atomic E-state index is 0.281. The normalized spacial score (nSPS) is 15.2. The lowest BCUT2D eigenvalue weighted by Crippen LogP contribution is -2.23. The summed E-state index contributed by atoms with van der Waals surface area (Å²) in [7, 11) is 0. The molecule has 0 amide bonds. The third-order valence-electron chi connectivity index (χ3n) is 3.35. The van der Waals surface area contributed by atoms with Crippen molar-refractivity contribution in [2.24, 2.45) is 5.41 Å². The van der Waals surface area contributed by atoms with E-state index in [0.717, 1.165) is 19.3 Å². The fourth-order valence-corrected chi connectivity index (χ4v) is 2.52. The number of rotatable bonds is 10. The lowest BCUT2D eigenvalue weighted by atomic mass is 9.73. The fraction of sp³-hybridized carbons (Fsp3) is 1.00. The zero-order valence-electron chi connectivity index (χ0n) is 10.5. The van der Waals surface area contributed by atoms with Gasteiger partial charge in [-0.25, -0.2) is 0 Å². The first-order valence-corrected chi connectivity index (χ1v) is 6.46. The van der Waals surface area contributed by atoms with E-state index in [0.29, 0.717) is 5.41 Å². The molecule has 0 aromatic heterocycles. The van der Waals surface area contributed by atoms with Gasteiger partial charge in [-0.05, 0) is 37.5 Å². The maximum atomic E-state index is 9.16. The van der Waals surface area contributed by atoms with Crippen LogP contribution in [-0.4, -0.2) is 23.4 Å². The van der Waals surface area contributed by atoms with Crippen LogP contribution in [0.15, 0.2) is 0 Å². The minimum Gasteiger partial charge on any atom is -0.396 e. The van der Waals surface area contributed by atoms with Gasteiger partial charge in [0.1, 0.15) is 0 Å². The molecule has 0 aliphatic carbocycles. The van der Waals surface area contributed by atoms with Gasteiger partial charge >= 0.3 is 0 Å². The molecule has 15 heavy (non-hydrogen) atoms. The van der Waals surface area contributed by atoms with E-state index in [-0.39, 0.29) is 13.2 Å². The highest BCUT2D eigenvalue weighted by Crippen LogP contribution is 2.38. The van der Waals surface area contributed by atoms with Crippen molar-refractivity contribution in [3.8, 4) is 0 Å². The molecule has 92 valence electrons. The molecule has 0 aliphatic heterocycles. The van der Waals surface area contributed by atoms with Gasteiger partial charge in [0.25, 0.3) is 0 Å². The van der Waals surface area contributed by atoms with Crippen LogP contribution in [0.1, 0.15) is 65.2 Å². The summed E-state index contributed by atoms with van der Waals surface area (Å²) in [5.74, 6) is 0. The van der Waals surface area contributed by atoms with Crippen LogP contribution in [0, 0.1) is 5.41 Å². The van der Waals surface area contributed by atoms with Crippen molar-refractivity contribution < 1.29 is 10.2 Å². The van der Waals surface area contributed by atoms with Gasteiger partial charge in [-0.2, -0.15) is 0 Å². The van der Waals surface area contributed by atoms with Gasteiger partial charge in [0.05, 0.1) is 0 Å². The van der Waals surface area contributed by atoms with Crippen molar-refractivity contribution in [1.82, 2.24) is 0 Å². The van der Waals surface area contributed by atoms with Gasteiger partial charge in [-0.1, -0.05) is 33.1 Å². The molecule has 1 unspecified atom stereocenters. The zero-order chi connectivity index (χ0) is 11.6. The molecule has 0 aliphatic rings. The van der Waals surface area contributed by atoms with E-state index < -0.39 is 0 Å². The Morgan fingerprint density at radius 2 is 1.40 bits per heavy atom. The largest absolute Gasteiger partial charge is 0.396 e. The van der Waals surface area contributed by atoms with Gasteiger partial charge in [-0.3, -0.25) is 0 Å². The van der Waals surface area contributed by atoms with Crippen molar-refractivity contribution >= 4 is 0 Å². The summed E-state index contributed by atoms with van der Waals surface area (Å²) in [6, 6.07) is 0. The molecular weight excluding hydrogens is 188 g/mol. The Hall–Kier alpha value is -0.0800. The fourth-order valence-electron chi connectivity index (χ4n) is 2.52. The van der Waals surface area contributed by atoms with Crippen molar-refractivity contribution in [3.63, 3.8) is 0 Å². The highest BCUT2D eigenvalue weighted by Gasteiger charge is 2.27. The molecule has 0 aromatic carbocycles. The van der Waals surface area contributed by atoms with E-state index in [2.05, 4.69) is 13.8 Å². The first-order chi connectivity index (χ1) is 7.24. The Morgan fingerprint density at radius 3 is 1.87 bits per heavy atom. The minimum atomic E-state index is 0.281. The van der Waals surface area contributed by atoms with Crippen molar-refractivity contribution in [1.29, 1.82) is 0 Å². The maximum Gasteiger partial charge on any atom is 0.0436 e. The van der Waals surface area contributed by atoms with Gasteiger partial charge in [0.2, 0.25) is 0 Å². The van der Waals surface area contributed by atoms with E-state index in [1.807, 2.05) is 0 Å². The van der Waals surface area contributed by atoms with Crippen molar-refractivity contribution in [2.75, 3.05) is 13.2 Å². The molecule has 0 rings (SSSR count). The summed E-state index contributed by atoms with van der Waals surface area (Å²) < 4.78 is 0. The van der Waals surface area contributed by atoms with E-state index in [4.69, 9.17) is 10.2 Å². The highest BCUT2D eigenvalue weighted by molar-refractivity contribution is 4.78. The summed E-state index contributed by atoms with van der Waals surface area (Å²) in [6.45, 7) is 4.98. The van der Waals surface area contributed by atoms with Crippen LogP contribution in [0.2, 0.25) is 0 Å². The second kappa shape index (κ2) is 9.17. The smallest absolute Gasteiger partial charge is 0.0436 e. The molecule has 0 radical (unpaired) electrons. The monoisotopic (exact) mass is 216 g/mol. The average Bonchev–Trinajstić information content (AvgIpc) is 2.24. The van der Waals surface area contributed by atoms with E-state index >= 15 is 0 Å². The molecule has 1 atom stereocenters. The molecule has 0 saturated carbocycles. The van der Waals surface area contributed by atoms with Crippen LogP contribution >= 0.6 is 0 Å². The quantitative estimate of drug-likeness (QED) is 0.589. The molecule has 0 heterocycles. The van der Waals surface area contributed by atoms with Gasteiger partial charge in [0, 0.05) is 13.2 Å². The van der Waals surface area contributed by atoms with Crippen LogP contribution in [0.5, 0.6) is 0 Å². The predicted molar refractivity (Wildman–Crippen MR) is 64.9 cm³/mol. The van der Waals surface area contributed by atoms with Crippen molar-refractivity contribution in [3.05, 3.63) is 0 Å². The summed E-state index contributed by atoms with van der Waals surface area (Å²) >= 11 is 0. The standard InChI is InChI=1S/C13H28O2/c1-3-5-8-13(7-4-2,10-12-15)9-6-11-14/h14-15H,3-12H2,1-2H3. The first kappa shape index (κ1) is 14.9. The molecule has 0 saturated heterocycles. The summed E-state index contributed by atoms with van der Waals surface area (Å²) in [5.41, 5.74) is 0.294. The molecular formula is C13H28O2. The lowest BCUT2D eigenvalue weighted by Gasteiger charge is -2.33. The Balaban J connectivity index is 4.26. The maximum absolute atomic E-state index is 9.16. The van der Waals surface area contributed by atoms with E-state index in [9.17, 15) is 0 Å². The summed E-state index contributed by atoms with van der Waals surface area (Å²) in [5, 5.41) is 18.1. The lowest BCUT2D eigenvalue weighted by molar-refractivity contribution is 0.127. The average molecular weight is 216 g/mol. The van der Waals surface area contributed by atoms with Gasteiger partial charge < -0.3 is 10.2 Å². The molecule has 2 heteroatoms. The van der Waals surface area contributed by atoms with Crippen molar-refractivity contribution in [2.45, 2.75) is 65.2 Å². The van der Waals surface area contributed by atoms with E-state index in [1.165, 1.54) is 32.1 Å². The van der Waals surface area contributed by atoms with Crippen LogP contribution in [-0.2, 0) is 0 Å². The number of hydrogen-bond donors (Lipinski definition) is 2. The number of unbranched alkanes of at least 4 members (excludes halogenated alkanes) is 1. The second-order valence-corrected chi connectivity index (χ2v) is 4.65. The topological polar surface area (TPSA) is 40.5 Å². The SMILES string of the molecule is CCCCC(CCC)(CCO)CCCO. The summed E-state index contributed by atoms with van der Waals surface area (Å²) in [4.78, 5) is 0. The van der Waals surface area contributed by atoms with Crippen LogP contribution in [0.3, 0.4) is 0 Å². The Kier molecular flexibility index (Phi) is 9.12. The first-order valence-electron chi connectivity index (χ1n) is 6.46. The molecule has 0 bridgehead atoms. The second-order valence-electron chi connectivity index (χ2n) is 4.65. The van der Waals surface area contributed by atoms with E-state index in [1.54, 1.807) is 0 Å². The van der Waals surface area contributed by atoms with Gasteiger partial charge in [0.15, 0.2) is 0 Å². The number of aliphatic hydroxyl groups is 2. The molecule has 0 aromatic rings. The molecule has 0 spiro atoms.